The smallest absolute Gasteiger partial charge is 0.277 e. The lowest BCUT2D eigenvalue weighted by Gasteiger charge is -1.97. The van der Waals surface area contributed by atoms with Gasteiger partial charge < -0.3 is 0 Å². The normalized spacial score (nSPS) is 11.2. The van der Waals surface area contributed by atoms with Crippen LogP contribution >= 0.6 is 34.2 Å². The Kier molecular flexibility index (Phi) is 3.53. The van der Waals surface area contributed by atoms with Gasteiger partial charge in [-0.05, 0) is 35.1 Å². The van der Waals surface area contributed by atoms with E-state index in [2.05, 4.69) is 39.6 Å². The second-order valence-corrected chi connectivity index (χ2v) is 5.09. The lowest BCUT2D eigenvalue weighted by molar-refractivity contribution is 0.561. The van der Waals surface area contributed by atoms with Crippen LogP contribution < -0.4 is 5.56 Å². The van der Waals surface area contributed by atoms with Crippen LogP contribution in [0.15, 0.2) is 10.9 Å². The quantitative estimate of drug-likeness (QED) is 0.683. The zero-order valence-electron chi connectivity index (χ0n) is 8.76. The molecule has 0 amide bonds. The first kappa shape index (κ1) is 11.9. The Morgan fingerprint density at radius 2 is 2.38 bits per heavy atom. The summed E-state index contributed by atoms with van der Waals surface area (Å²) in [7, 11) is 0. The third kappa shape index (κ3) is 2.10. The van der Waals surface area contributed by atoms with Gasteiger partial charge in [-0.1, -0.05) is 24.9 Å². The number of rotatable bonds is 3. The molecular formula is C10H11ClIN3O. The molecule has 0 saturated carbocycles. The molecule has 0 aliphatic rings. The van der Waals surface area contributed by atoms with Crippen molar-refractivity contribution in [1.29, 1.82) is 0 Å². The van der Waals surface area contributed by atoms with Crippen molar-refractivity contribution in [2.24, 2.45) is 0 Å². The minimum Gasteiger partial charge on any atom is -0.278 e. The zero-order valence-corrected chi connectivity index (χ0v) is 11.7. The molecule has 0 aliphatic carbocycles. The van der Waals surface area contributed by atoms with Gasteiger partial charge in [0.05, 0.1) is 5.02 Å². The van der Waals surface area contributed by atoms with Crippen molar-refractivity contribution in [1.82, 2.24) is 14.8 Å². The number of halogens is 2. The van der Waals surface area contributed by atoms with E-state index in [1.54, 1.807) is 10.7 Å². The lowest BCUT2D eigenvalue weighted by atomic mass is 10.3. The van der Waals surface area contributed by atoms with E-state index in [-0.39, 0.29) is 5.56 Å². The van der Waals surface area contributed by atoms with Crippen LogP contribution in [-0.2, 0) is 6.54 Å². The SMILES string of the molecule is CCCCn1[nH]c2nc(I)cc(Cl)c2c1=O. The van der Waals surface area contributed by atoms with Crippen molar-refractivity contribution in [2.45, 2.75) is 26.3 Å². The van der Waals surface area contributed by atoms with Gasteiger partial charge in [0.25, 0.3) is 5.56 Å². The Morgan fingerprint density at radius 1 is 1.62 bits per heavy atom. The summed E-state index contributed by atoms with van der Waals surface area (Å²) in [6.45, 7) is 2.76. The molecular weight excluding hydrogens is 340 g/mol. The summed E-state index contributed by atoms with van der Waals surface area (Å²) in [5, 5.41) is 3.93. The maximum atomic E-state index is 12.0. The number of nitrogens with zero attached hydrogens (tertiary/aromatic N) is 2. The fourth-order valence-electron chi connectivity index (χ4n) is 1.56. The van der Waals surface area contributed by atoms with Crippen molar-refractivity contribution >= 4 is 45.2 Å². The minimum absolute atomic E-state index is 0.0858. The largest absolute Gasteiger partial charge is 0.278 e. The van der Waals surface area contributed by atoms with Crippen molar-refractivity contribution in [3.63, 3.8) is 0 Å². The van der Waals surface area contributed by atoms with Crippen LogP contribution in [0.3, 0.4) is 0 Å². The summed E-state index contributed by atoms with van der Waals surface area (Å²) < 4.78 is 2.35. The van der Waals surface area contributed by atoms with E-state index in [0.717, 1.165) is 16.5 Å². The first-order valence-electron chi connectivity index (χ1n) is 5.08. The van der Waals surface area contributed by atoms with Gasteiger partial charge in [0.2, 0.25) is 0 Å². The summed E-state index contributed by atoms with van der Waals surface area (Å²) in [4.78, 5) is 16.2. The molecule has 86 valence electrons. The Morgan fingerprint density at radius 3 is 3.06 bits per heavy atom. The van der Waals surface area contributed by atoms with Gasteiger partial charge in [0.15, 0.2) is 5.65 Å². The maximum absolute atomic E-state index is 12.0. The average Bonchev–Trinajstić information content (AvgIpc) is 2.52. The molecule has 0 aromatic carbocycles. The number of pyridine rings is 1. The van der Waals surface area contributed by atoms with Crippen LogP contribution in [0.4, 0.5) is 0 Å². The first-order chi connectivity index (χ1) is 7.63. The Bertz CT molecular complexity index is 575. The summed E-state index contributed by atoms with van der Waals surface area (Å²) in [6, 6.07) is 1.70. The van der Waals surface area contributed by atoms with Gasteiger partial charge in [-0.15, -0.1) is 0 Å². The fraction of sp³-hybridized carbons (Fsp3) is 0.400. The number of nitrogens with one attached hydrogen (secondary N) is 1. The molecule has 0 radical (unpaired) electrons. The highest BCUT2D eigenvalue weighted by atomic mass is 127. The van der Waals surface area contributed by atoms with E-state index < -0.39 is 0 Å². The fourth-order valence-corrected chi connectivity index (χ4v) is 2.57. The number of unbranched alkanes of at least 4 members (excludes halogenated alkanes) is 1. The highest BCUT2D eigenvalue weighted by Crippen LogP contribution is 2.19. The summed E-state index contributed by atoms with van der Waals surface area (Å²) in [5.41, 5.74) is 0.482. The van der Waals surface area contributed by atoms with Crippen LogP contribution in [0, 0.1) is 3.70 Å². The minimum atomic E-state index is -0.0858. The van der Waals surface area contributed by atoms with Crippen molar-refractivity contribution in [3.05, 3.63) is 25.1 Å². The Hall–Kier alpha value is -0.560. The molecule has 2 rings (SSSR count). The first-order valence-corrected chi connectivity index (χ1v) is 6.53. The number of hydrogen-bond acceptors (Lipinski definition) is 2. The van der Waals surface area contributed by atoms with Gasteiger partial charge in [-0.3, -0.25) is 14.6 Å². The molecule has 2 aromatic rings. The second-order valence-electron chi connectivity index (χ2n) is 3.57. The van der Waals surface area contributed by atoms with Crippen molar-refractivity contribution in [3.8, 4) is 0 Å². The summed E-state index contributed by atoms with van der Waals surface area (Å²) in [5.74, 6) is 0. The molecule has 2 heterocycles. The van der Waals surface area contributed by atoms with Gasteiger partial charge in [-0.25, -0.2) is 4.98 Å². The molecule has 0 fully saturated rings. The molecule has 0 spiro atoms. The molecule has 1 N–H and O–H groups in total. The van der Waals surface area contributed by atoms with Crippen molar-refractivity contribution < 1.29 is 0 Å². The van der Waals surface area contributed by atoms with Crippen molar-refractivity contribution in [2.75, 3.05) is 0 Å². The zero-order chi connectivity index (χ0) is 11.7. The van der Waals surface area contributed by atoms with Gasteiger partial charge in [0.1, 0.15) is 9.09 Å². The molecule has 4 nitrogen and oxygen atoms in total. The van der Waals surface area contributed by atoms with Crippen LogP contribution in [0.25, 0.3) is 11.0 Å². The third-order valence-corrected chi connectivity index (χ3v) is 3.23. The topological polar surface area (TPSA) is 50.7 Å². The van der Waals surface area contributed by atoms with Gasteiger partial charge in [0, 0.05) is 6.54 Å². The second kappa shape index (κ2) is 4.75. The number of hydrogen-bond donors (Lipinski definition) is 1. The monoisotopic (exact) mass is 351 g/mol. The van der Waals surface area contributed by atoms with Gasteiger partial charge in [-0.2, -0.15) is 0 Å². The van der Waals surface area contributed by atoms with E-state index in [4.69, 9.17) is 11.6 Å². The van der Waals surface area contributed by atoms with Crippen LogP contribution in [0.5, 0.6) is 0 Å². The average molecular weight is 352 g/mol. The molecule has 6 heteroatoms. The molecule has 0 bridgehead atoms. The summed E-state index contributed by atoms with van der Waals surface area (Å²) >= 11 is 8.11. The number of aromatic nitrogens is 3. The highest BCUT2D eigenvalue weighted by molar-refractivity contribution is 14.1. The van der Waals surface area contributed by atoms with E-state index in [1.807, 2.05) is 0 Å². The lowest BCUT2D eigenvalue weighted by Crippen LogP contribution is -2.16. The van der Waals surface area contributed by atoms with Crippen LogP contribution in [-0.4, -0.2) is 14.8 Å². The predicted molar refractivity (Wildman–Crippen MR) is 73.0 cm³/mol. The number of aryl methyl sites for hydroxylation is 1. The predicted octanol–water partition coefficient (Wildman–Crippen LogP) is 2.78. The van der Waals surface area contributed by atoms with E-state index in [1.165, 1.54) is 0 Å². The molecule has 0 atom stereocenters. The number of H-pyrrole nitrogens is 1. The summed E-state index contributed by atoms with van der Waals surface area (Å²) in [6.07, 6.45) is 2.00. The third-order valence-electron chi connectivity index (χ3n) is 2.38. The number of fused-ring (bicyclic) bond motifs is 1. The highest BCUT2D eigenvalue weighted by Gasteiger charge is 2.11. The van der Waals surface area contributed by atoms with E-state index >= 15 is 0 Å². The van der Waals surface area contributed by atoms with Crippen LogP contribution in [0.1, 0.15) is 19.8 Å². The molecule has 0 aliphatic heterocycles. The molecule has 0 saturated heterocycles. The van der Waals surface area contributed by atoms with Gasteiger partial charge >= 0.3 is 0 Å². The Labute approximate surface area is 111 Å². The Balaban J connectivity index is 2.59. The standard InChI is InChI=1S/C10H11ClIN3O/c1-2-3-4-15-10(16)8-6(11)5-7(12)13-9(8)14-15/h5H,2-4H2,1H3,(H,13,14). The van der Waals surface area contributed by atoms with E-state index in [0.29, 0.717) is 22.6 Å². The molecule has 0 unspecified atom stereocenters. The maximum Gasteiger partial charge on any atom is 0.277 e. The molecule has 2 aromatic heterocycles. The van der Waals surface area contributed by atoms with Crippen LogP contribution in [0.2, 0.25) is 5.02 Å². The number of aromatic amines is 1. The molecule has 16 heavy (non-hydrogen) atoms. The van der Waals surface area contributed by atoms with E-state index in [9.17, 15) is 4.79 Å².